The number of fused-ring (bicyclic) bond motifs is 1. The molecule has 1 nitrogen and oxygen atoms in total. The van der Waals surface area contributed by atoms with Gasteiger partial charge in [0.1, 0.15) is 4.99 Å². The molecule has 2 heteroatoms. The van der Waals surface area contributed by atoms with Crippen LogP contribution in [0.25, 0.3) is 0 Å². The number of hydrogen-bond donors (Lipinski definition) is 1. The third-order valence-electron chi connectivity index (χ3n) is 3.05. The molecular weight excluding hydrogens is 202 g/mol. The Balaban J connectivity index is 2.64. The molecule has 0 fully saturated rings. The highest BCUT2D eigenvalue weighted by Gasteiger charge is 2.29. The van der Waals surface area contributed by atoms with Crippen molar-refractivity contribution in [2.75, 3.05) is 0 Å². The third kappa shape index (κ3) is 1.78. The van der Waals surface area contributed by atoms with E-state index >= 15 is 0 Å². The van der Waals surface area contributed by atoms with Crippen LogP contribution in [0.5, 0.6) is 0 Å². The van der Waals surface area contributed by atoms with E-state index in [0.29, 0.717) is 0 Å². The van der Waals surface area contributed by atoms with Crippen LogP contribution in [0.1, 0.15) is 36.1 Å². The molecule has 0 radical (unpaired) electrons. The quantitative estimate of drug-likeness (QED) is 0.673. The van der Waals surface area contributed by atoms with Gasteiger partial charge in [0.25, 0.3) is 0 Å². The van der Waals surface area contributed by atoms with Crippen molar-refractivity contribution in [3.8, 4) is 0 Å². The zero-order chi connectivity index (χ0) is 11.2. The summed E-state index contributed by atoms with van der Waals surface area (Å²) >= 11 is 5.45. The maximum absolute atomic E-state index is 5.45. The van der Waals surface area contributed by atoms with Crippen molar-refractivity contribution in [2.24, 2.45) is 0 Å². The zero-order valence-corrected chi connectivity index (χ0v) is 10.6. The van der Waals surface area contributed by atoms with Gasteiger partial charge in [0.15, 0.2) is 0 Å². The van der Waals surface area contributed by atoms with Gasteiger partial charge in [0.2, 0.25) is 0 Å². The molecule has 1 heterocycles. The monoisotopic (exact) mass is 219 g/mol. The topological polar surface area (TPSA) is 12.0 Å². The highest BCUT2D eigenvalue weighted by molar-refractivity contribution is 7.80. The SMILES string of the molecule is Cc1ccc(C)c2c1CC(C)(C)NC2=S. The van der Waals surface area contributed by atoms with Gasteiger partial charge in [0.05, 0.1) is 0 Å². The van der Waals surface area contributed by atoms with Gasteiger partial charge >= 0.3 is 0 Å². The molecule has 80 valence electrons. The molecule has 2 rings (SSSR count). The van der Waals surface area contributed by atoms with Gasteiger partial charge in [-0.15, -0.1) is 0 Å². The second-order valence-corrected chi connectivity index (χ2v) is 5.48. The number of hydrogen-bond acceptors (Lipinski definition) is 1. The molecule has 0 amide bonds. The Hall–Kier alpha value is -0.890. The van der Waals surface area contributed by atoms with Crippen LogP contribution in [0.4, 0.5) is 0 Å². The summed E-state index contributed by atoms with van der Waals surface area (Å²) in [5, 5.41) is 3.41. The molecule has 0 unspecified atom stereocenters. The van der Waals surface area contributed by atoms with E-state index in [2.05, 4.69) is 45.1 Å². The Bertz CT molecular complexity index is 432. The summed E-state index contributed by atoms with van der Waals surface area (Å²) in [6, 6.07) is 4.35. The highest BCUT2D eigenvalue weighted by atomic mass is 32.1. The van der Waals surface area contributed by atoms with Gasteiger partial charge in [-0.2, -0.15) is 0 Å². The van der Waals surface area contributed by atoms with E-state index in [1.165, 1.54) is 22.3 Å². The molecule has 0 bridgehead atoms. The molecule has 1 aromatic carbocycles. The summed E-state index contributed by atoms with van der Waals surface area (Å²) in [5.41, 5.74) is 5.40. The summed E-state index contributed by atoms with van der Waals surface area (Å²) < 4.78 is 0. The van der Waals surface area contributed by atoms with Crippen molar-refractivity contribution in [3.05, 3.63) is 34.4 Å². The van der Waals surface area contributed by atoms with Gasteiger partial charge in [0, 0.05) is 11.1 Å². The van der Waals surface area contributed by atoms with Gasteiger partial charge in [-0.25, -0.2) is 0 Å². The van der Waals surface area contributed by atoms with E-state index in [1.807, 2.05) is 0 Å². The van der Waals surface area contributed by atoms with Crippen molar-refractivity contribution in [3.63, 3.8) is 0 Å². The first-order valence-electron chi connectivity index (χ1n) is 5.32. The van der Waals surface area contributed by atoms with Crippen molar-refractivity contribution in [1.82, 2.24) is 5.32 Å². The standard InChI is InChI=1S/C13H17NS/c1-8-5-6-9(2)11-10(8)7-13(3,4)14-12(11)15/h5-6H,7H2,1-4H3,(H,14,15). The van der Waals surface area contributed by atoms with Gasteiger partial charge in [-0.1, -0.05) is 24.4 Å². The molecule has 0 atom stereocenters. The maximum Gasteiger partial charge on any atom is 0.107 e. The smallest absolute Gasteiger partial charge is 0.107 e. The minimum absolute atomic E-state index is 0.0859. The lowest BCUT2D eigenvalue weighted by Crippen LogP contribution is -2.49. The summed E-state index contributed by atoms with van der Waals surface area (Å²) in [5.74, 6) is 0. The second-order valence-electron chi connectivity index (χ2n) is 5.07. The Morgan fingerprint density at radius 2 is 1.80 bits per heavy atom. The van der Waals surface area contributed by atoms with Crippen LogP contribution in [0.3, 0.4) is 0 Å². The second kappa shape index (κ2) is 3.31. The molecule has 1 aliphatic rings. The van der Waals surface area contributed by atoms with E-state index in [4.69, 9.17) is 12.2 Å². The van der Waals surface area contributed by atoms with Crippen molar-refractivity contribution < 1.29 is 0 Å². The fourth-order valence-corrected chi connectivity index (χ4v) is 2.83. The molecule has 0 aliphatic carbocycles. The summed E-state index contributed by atoms with van der Waals surface area (Å²) in [6.07, 6.45) is 1.05. The summed E-state index contributed by atoms with van der Waals surface area (Å²) in [7, 11) is 0. The average Bonchev–Trinajstić information content (AvgIpc) is 2.09. The predicted octanol–water partition coefficient (Wildman–Crippen LogP) is 2.90. The Labute approximate surface area is 96.9 Å². The first-order valence-corrected chi connectivity index (χ1v) is 5.73. The van der Waals surface area contributed by atoms with Crippen molar-refractivity contribution in [1.29, 1.82) is 0 Å². The average molecular weight is 219 g/mol. The molecule has 15 heavy (non-hydrogen) atoms. The molecule has 0 saturated heterocycles. The van der Waals surface area contributed by atoms with Crippen LogP contribution in [-0.4, -0.2) is 10.5 Å². The first-order chi connectivity index (χ1) is 6.91. The minimum Gasteiger partial charge on any atom is -0.371 e. The van der Waals surface area contributed by atoms with Gasteiger partial charge < -0.3 is 5.32 Å². The summed E-state index contributed by atoms with van der Waals surface area (Å²) in [6.45, 7) is 8.70. The largest absolute Gasteiger partial charge is 0.371 e. The number of benzene rings is 1. The lowest BCUT2D eigenvalue weighted by atomic mass is 9.83. The number of aryl methyl sites for hydroxylation is 2. The Morgan fingerprint density at radius 3 is 2.47 bits per heavy atom. The third-order valence-corrected chi connectivity index (χ3v) is 3.36. The first kappa shape index (κ1) is 10.6. The van der Waals surface area contributed by atoms with Crippen LogP contribution >= 0.6 is 12.2 Å². The number of nitrogens with one attached hydrogen (secondary N) is 1. The van der Waals surface area contributed by atoms with Crippen LogP contribution in [0.15, 0.2) is 12.1 Å². The fraction of sp³-hybridized carbons (Fsp3) is 0.462. The molecule has 1 aromatic rings. The van der Waals surface area contributed by atoms with Crippen LogP contribution < -0.4 is 5.32 Å². The number of thiocarbonyl (C=S) groups is 1. The molecular formula is C13H17NS. The summed E-state index contributed by atoms with van der Waals surface area (Å²) in [4.78, 5) is 0.905. The molecule has 1 aliphatic heterocycles. The van der Waals surface area contributed by atoms with Gasteiger partial charge in [-0.3, -0.25) is 0 Å². The van der Waals surface area contributed by atoms with E-state index < -0.39 is 0 Å². The van der Waals surface area contributed by atoms with E-state index in [1.54, 1.807) is 0 Å². The molecule has 0 saturated carbocycles. The maximum atomic E-state index is 5.45. The van der Waals surface area contributed by atoms with E-state index in [9.17, 15) is 0 Å². The predicted molar refractivity (Wildman–Crippen MR) is 68.5 cm³/mol. The lowest BCUT2D eigenvalue weighted by molar-refractivity contribution is 0.450. The van der Waals surface area contributed by atoms with Crippen LogP contribution in [0.2, 0.25) is 0 Å². The minimum atomic E-state index is 0.0859. The van der Waals surface area contributed by atoms with E-state index in [-0.39, 0.29) is 5.54 Å². The van der Waals surface area contributed by atoms with Gasteiger partial charge in [-0.05, 0) is 50.8 Å². The van der Waals surface area contributed by atoms with Crippen molar-refractivity contribution >= 4 is 17.2 Å². The molecule has 0 aromatic heterocycles. The molecule has 0 spiro atoms. The lowest BCUT2D eigenvalue weighted by Gasteiger charge is -2.35. The fourth-order valence-electron chi connectivity index (χ4n) is 2.27. The van der Waals surface area contributed by atoms with E-state index in [0.717, 1.165) is 11.4 Å². The van der Waals surface area contributed by atoms with Crippen molar-refractivity contribution in [2.45, 2.75) is 39.7 Å². The van der Waals surface area contributed by atoms with Crippen LogP contribution in [-0.2, 0) is 6.42 Å². The molecule has 1 N–H and O–H groups in total. The van der Waals surface area contributed by atoms with Crippen LogP contribution in [0, 0.1) is 13.8 Å². The number of rotatable bonds is 0. The normalized spacial score (nSPS) is 18.3. The highest BCUT2D eigenvalue weighted by Crippen LogP contribution is 2.28. The Kier molecular flexibility index (Phi) is 2.34. The Morgan fingerprint density at radius 1 is 1.20 bits per heavy atom. The zero-order valence-electron chi connectivity index (χ0n) is 9.77.